The molecule has 0 heterocycles. The highest BCUT2D eigenvalue weighted by atomic mass is 14.2. The van der Waals surface area contributed by atoms with Crippen LogP contribution in [0.3, 0.4) is 0 Å². The molecule has 1 atom stereocenters. The van der Waals surface area contributed by atoms with E-state index in [1.54, 1.807) is 0 Å². The Bertz CT molecular complexity index is 147. The largest absolute Gasteiger partial charge is 0.198 e. The van der Waals surface area contributed by atoms with Crippen LogP contribution in [0, 0.1) is 22.7 Å². The van der Waals surface area contributed by atoms with E-state index in [4.69, 9.17) is 5.26 Å². The average Bonchev–Trinajstić information content (AvgIpc) is 1.84. The Morgan fingerprint density at radius 1 is 1.33 bits per heavy atom. The monoisotopic (exact) mass is 167 g/mol. The van der Waals surface area contributed by atoms with Gasteiger partial charge in [-0.2, -0.15) is 5.26 Å². The van der Waals surface area contributed by atoms with Gasteiger partial charge < -0.3 is 0 Å². The number of hydrogen-bond acceptors (Lipinski definition) is 1. The maximum atomic E-state index is 8.36. The van der Waals surface area contributed by atoms with E-state index >= 15 is 0 Å². The molecule has 0 saturated heterocycles. The van der Waals surface area contributed by atoms with Crippen molar-refractivity contribution in [2.24, 2.45) is 11.3 Å². The van der Waals surface area contributed by atoms with Gasteiger partial charge in [-0.05, 0) is 30.6 Å². The third kappa shape index (κ3) is 7.60. The highest BCUT2D eigenvalue weighted by Crippen LogP contribution is 2.26. The number of nitriles is 1. The molecule has 0 saturated carbocycles. The molecule has 0 rings (SSSR count). The molecule has 0 spiro atoms. The molecule has 12 heavy (non-hydrogen) atoms. The minimum absolute atomic E-state index is 0.437. The van der Waals surface area contributed by atoms with Gasteiger partial charge in [0.15, 0.2) is 0 Å². The van der Waals surface area contributed by atoms with Gasteiger partial charge in [-0.1, -0.05) is 27.7 Å². The highest BCUT2D eigenvalue weighted by Gasteiger charge is 2.14. The molecule has 0 amide bonds. The SMILES string of the molecule is CC(CCCC#N)CC(C)(C)C. The van der Waals surface area contributed by atoms with Crippen LogP contribution in [-0.2, 0) is 0 Å². The number of nitrogens with zero attached hydrogens (tertiary/aromatic N) is 1. The lowest BCUT2D eigenvalue weighted by Gasteiger charge is -2.22. The van der Waals surface area contributed by atoms with Crippen molar-refractivity contribution in [1.29, 1.82) is 5.26 Å². The van der Waals surface area contributed by atoms with Gasteiger partial charge >= 0.3 is 0 Å². The topological polar surface area (TPSA) is 23.8 Å². The fourth-order valence-corrected chi connectivity index (χ4v) is 1.68. The molecule has 0 aliphatic carbocycles. The summed E-state index contributed by atoms with van der Waals surface area (Å²) in [5, 5.41) is 8.36. The van der Waals surface area contributed by atoms with Crippen molar-refractivity contribution >= 4 is 0 Å². The Morgan fingerprint density at radius 2 is 1.92 bits per heavy atom. The zero-order chi connectivity index (χ0) is 9.61. The summed E-state index contributed by atoms with van der Waals surface area (Å²) >= 11 is 0. The second kappa shape index (κ2) is 5.19. The summed E-state index contributed by atoms with van der Waals surface area (Å²) in [6.07, 6.45) is 4.24. The molecule has 0 radical (unpaired) electrons. The maximum Gasteiger partial charge on any atom is 0.0621 e. The molecule has 0 aromatic rings. The lowest BCUT2D eigenvalue weighted by molar-refractivity contribution is 0.294. The Labute approximate surface area is 76.8 Å². The van der Waals surface area contributed by atoms with E-state index in [2.05, 4.69) is 33.8 Å². The van der Waals surface area contributed by atoms with Gasteiger partial charge in [0.05, 0.1) is 6.07 Å². The molecule has 0 bridgehead atoms. The van der Waals surface area contributed by atoms with Crippen LogP contribution in [0.4, 0.5) is 0 Å². The molecule has 0 aliphatic heterocycles. The van der Waals surface area contributed by atoms with Crippen LogP contribution in [-0.4, -0.2) is 0 Å². The van der Waals surface area contributed by atoms with E-state index in [0.717, 1.165) is 12.3 Å². The summed E-state index contributed by atoms with van der Waals surface area (Å²) < 4.78 is 0. The first-order chi connectivity index (χ1) is 5.45. The Kier molecular flexibility index (Phi) is 4.97. The predicted molar refractivity (Wildman–Crippen MR) is 52.7 cm³/mol. The second-order valence-electron chi connectivity index (χ2n) is 4.92. The van der Waals surface area contributed by atoms with Crippen molar-refractivity contribution < 1.29 is 0 Å². The molecular weight excluding hydrogens is 146 g/mol. The molecule has 1 nitrogen and oxygen atoms in total. The van der Waals surface area contributed by atoms with Crippen LogP contribution in [0.15, 0.2) is 0 Å². The smallest absolute Gasteiger partial charge is 0.0621 e. The summed E-state index contributed by atoms with van der Waals surface area (Å²) in [6, 6.07) is 2.19. The Morgan fingerprint density at radius 3 is 2.33 bits per heavy atom. The van der Waals surface area contributed by atoms with E-state index in [0.29, 0.717) is 11.8 Å². The summed E-state index contributed by atoms with van der Waals surface area (Å²) in [5.74, 6) is 0.762. The zero-order valence-corrected chi connectivity index (χ0v) is 8.85. The second-order valence-corrected chi connectivity index (χ2v) is 4.92. The van der Waals surface area contributed by atoms with Gasteiger partial charge in [-0.15, -0.1) is 0 Å². The third-order valence-electron chi connectivity index (χ3n) is 1.95. The van der Waals surface area contributed by atoms with Crippen molar-refractivity contribution in [1.82, 2.24) is 0 Å². The van der Waals surface area contributed by atoms with Crippen LogP contribution < -0.4 is 0 Å². The number of unbranched alkanes of at least 4 members (excludes halogenated alkanes) is 1. The molecule has 0 aromatic carbocycles. The predicted octanol–water partition coefficient (Wildman–Crippen LogP) is 3.75. The molecular formula is C11H21N. The van der Waals surface area contributed by atoms with E-state index in [1.807, 2.05) is 0 Å². The fraction of sp³-hybridized carbons (Fsp3) is 0.909. The van der Waals surface area contributed by atoms with E-state index < -0.39 is 0 Å². The molecule has 1 heteroatoms. The van der Waals surface area contributed by atoms with Gasteiger partial charge in [-0.25, -0.2) is 0 Å². The molecule has 0 fully saturated rings. The maximum absolute atomic E-state index is 8.36. The fourth-order valence-electron chi connectivity index (χ4n) is 1.68. The van der Waals surface area contributed by atoms with Crippen molar-refractivity contribution in [3.05, 3.63) is 0 Å². The van der Waals surface area contributed by atoms with Crippen LogP contribution >= 0.6 is 0 Å². The Balaban J connectivity index is 3.48. The molecule has 0 aliphatic rings. The van der Waals surface area contributed by atoms with E-state index in [1.165, 1.54) is 12.8 Å². The third-order valence-corrected chi connectivity index (χ3v) is 1.95. The number of rotatable bonds is 4. The van der Waals surface area contributed by atoms with Crippen LogP contribution in [0.1, 0.15) is 53.4 Å². The van der Waals surface area contributed by atoms with Gasteiger partial charge in [-0.3, -0.25) is 0 Å². The Hall–Kier alpha value is -0.510. The summed E-state index contributed by atoms with van der Waals surface area (Å²) in [5.41, 5.74) is 0.437. The lowest BCUT2D eigenvalue weighted by atomic mass is 9.83. The van der Waals surface area contributed by atoms with Crippen molar-refractivity contribution in [2.45, 2.75) is 53.4 Å². The summed E-state index contributed by atoms with van der Waals surface area (Å²) in [7, 11) is 0. The van der Waals surface area contributed by atoms with Gasteiger partial charge in [0, 0.05) is 6.42 Å². The lowest BCUT2D eigenvalue weighted by Crippen LogP contribution is -2.10. The molecule has 70 valence electrons. The van der Waals surface area contributed by atoms with E-state index in [-0.39, 0.29) is 0 Å². The summed E-state index contributed by atoms with van der Waals surface area (Å²) in [4.78, 5) is 0. The van der Waals surface area contributed by atoms with Crippen LogP contribution in [0.2, 0.25) is 0 Å². The van der Waals surface area contributed by atoms with Crippen molar-refractivity contribution in [2.75, 3.05) is 0 Å². The molecule has 0 aromatic heterocycles. The molecule has 1 unspecified atom stereocenters. The zero-order valence-electron chi connectivity index (χ0n) is 8.85. The standard InChI is InChI=1S/C11H21N/c1-10(7-5-6-8-12)9-11(2,3)4/h10H,5-7,9H2,1-4H3. The summed E-state index contributed by atoms with van der Waals surface area (Å²) in [6.45, 7) is 9.10. The van der Waals surface area contributed by atoms with Crippen molar-refractivity contribution in [3.8, 4) is 6.07 Å². The van der Waals surface area contributed by atoms with Gasteiger partial charge in [0.2, 0.25) is 0 Å². The average molecular weight is 167 g/mol. The molecule has 0 N–H and O–H groups in total. The first kappa shape index (κ1) is 11.5. The quantitative estimate of drug-likeness (QED) is 0.585. The minimum Gasteiger partial charge on any atom is -0.198 e. The van der Waals surface area contributed by atoms with Crippen LogP contribution in [0.5, 0.6) is 0 Å². The van der Waals surface area contributed by atoms with Gasteiger partial charge in [0.25, 0.3) is 0 Å². The van der Waals surface area contributed by atoms with Gasteiger partial charge in [0.1, 0.15) is 0 Å². The highest BCUT2D eigenvalue weighted by molar-refractivity contribution is 4.71. The van der Waals surface area contributed by atoms with E-state index in [9.17, 15) is 0 Å². The van der Waals surface area contributed by atoms with Crippen LogP contribution in [0.25, 0.3) is 0 Å². The first-order valence-electron chi connectivity index (χ1n) is 4.82. The minimum atomic E-state index is 0.437. The van der Waals surface area contributed by atoms with Crippen molar-refractivity contribution in [3.63, 3.8) is 0 Å². The number of hydrogen-bond donors (Lipinski definition) is 0. The normalized spacial score (nSPS) is 13.9. The first-order valence-corrected chi connectivity index (χ1v) is 4.82.